The van der Waals surface area contributed by atoms with Crippen molar-refractivity contribution in [3.63, 3.8) is 0 Å². The van der Waals surface area contributed by atoms with E-state index in [2.05, 4.69) is 33.8 Å². The van der Waals surface area contributed by atoms with E-state index in [0.717, 1.165) is 35.2 Å². The molecule has 0 aliphatic heterocycles. The van der Waals surface area contributed by atoms with Crippen molar-refractivity contribution >= 4 is 63.8 Å². The van der Waals surface area contributed by atoms with Crippen LogP contribution in [0, 0.1) is 25.7 Å². The molecule has 16 nitrogen and oxygen atoms in total. The van der Waals surface area contributed by atoms with E-state index in [0.29, 0.717) is 58.8 Å². The first-order valence-electron chi connectivity index (χ1n) is 20.3. The number of imidazole rings is 2. The normalized spacial score (nSPS) is 22.2. The fraction of sp³-hybridized carbons (Fsp3) is 0.349. The maximum Gasteiger partial charge on any atom is 0.269 e. The quantitative estimate of drug-likeness (QED) is 0.170. The summed E-state index contributed by atoms with van der Waals surface area (Å²) in [5, 5.41) is 10.1. The Hall–Kier alpha value is -5.47. The van der Waals surface area contributed by atoms with Gasteiger partial charge < -0.3 is 5.11 Å². The first-order valence-corrected chi connectivity index (χ1v) is 25.0. The van der Waals surface area contributed by atoms with Gasteiger partial charge in [-0.15, -0.1) is 0 Å². The third-order valence-corrected chi connectivity index (χ3v) is 16.2. The van der Waals surface area contributed by atoms with E-state index in [9.17, 15) is 30.4 Å². The number of benzene rings is 2. The molecule has 62 heavy (non-hydrogen) atoms. The molecule has 324 valence electrons. The van der Waals surface area contributed by atoms with Crippen LogP contribution in [0.4, 0.5) is 0 Å². The number of aryl methyl sites for hydroxylation is 2. The molecule has 2 saturated carbocycles. The molecule has 6 atom stereocenters. The highest BCUT2D eigenvalue weighted by Crippen LogP contribution is 2.43. The van der Waals surface area contributed by atoms with Crippen molar-refractivity contribution in [2.24, 2.45) is 11.8 Å². The smallest absolute Gasteiger partial charge is 0.269 e. The highest BCUT2D eigenvalue weighted by Gasteiger charge is 2.37. The van der Waals surface area contributed by atoms with Gasteiger partial charge in [0.25, 0.3) is 30.2 Å². The molecule has 2 aromatic carbocycles. The average molecular weight is 899 g/mol. The molecular weight excluding hydrogens is 853 g/mol. The zero-order valence-electron chi connectivity index (χ0n) is 34.6. The number of fused-ring (bicyclic) bond motifs is 6. The largest absolute Gasteiger partial charge is 0.393 e. The summed E-state index contributed by atoms with van der Waals surface area (Å²) in [5.74, 6) is 0.668. The Morgan fingerprint density at radius 1 is 0.581 bits per heavy atom. The molecule has 2 fully saturated rings. The molecule has 10 rings (SSSR count). The van der Waals surface area contributed by atoms with E-state index in [-0.39, 0.29) is 33.6 Å². The van der Waals surface area contributed by atoms with Crippen LogP contribution in [0.2, 0.25) is 0 Å². The molecular formula is C43H46N8O8S3. The summed E-state index contributed by atoms with van der Waals surface area (Å²) < 4.78 is 87.7. The Morgan fingerprint density at radius 2 is 1.02 bits per heavy atom. The number of hydrogen-bond acceptors (Lipinski definition) is 12. The molecule has 8 aromatic rings. The Bertz CT molecular complexity index is 3340. The van der Waals surface area contributed by atoms with Gasteiger partial charge in [0.15, 0.2) is 22.6 Å². The maximum atomic E-state index is 13.3. The van der Waals surface area contributed by atoms with Crippen LogP contribution in [0.15, 0.2) is 108 Å². The standard InChI is InChI=1S/C22H24N4O5S2.C21H22N4O3S/c1-14-4-6-17(7-5-14)33(29,30)25-9-8-19-22(25)24-13-21-23-12-20(26(19)21)18-11-16(10-15(18)2)31-32(3,27)28;1-13-3-5-16(6-4-13)29(27,28)24-8-7-18-21(24)23-12-20-22-11-19(25(18)20)17-10-15(26)9-14(17)2/h4-9,12-13,15-16,18H,10-11H2,1-3H3;3-8,11-12,14-15,17,26H,9-10H2,1-2H3. The van der Waals surface area contributed by atoms with Crippen LogP contribution < -0.4 is 0 Å². The molecule has 0 amide bonds. The van der Waals surface area contributed by atoms with Crippen molar-refractivity contribution in [1.82, 2.24) is 36.7 Å². The third-order valence-electron chi connectivity index (χ3n) is 12.3. The number of nitrogens with zero attached hydrogens (tertiary/aromatic N) is 8. The summed E-state index contributed by atoms with van der Waals surface area (Å²) in [4.78, 5) is 18.1. The zero-order valence-corrected chi connectivity index (χ0v) is 37.1. The molecule has 0 radical (unpaired) electrons. The van der Waals surface area contributed by atoms with Crippen LogP contribution in [0.25, 0.3) is 33.6 Å². The molecule has 6 unspecified atom stereocenters. The third kappa shape index (κ3) is 7.38. The molecule has 2 aliphatic rings. The number of aliphatic hydroxyl groups excluding tert-OH is 1. The van der Waals surface area contributed by atoms with Gasteiger partial charge in [-0.2, -0.15) is 8.42 Å². The fourth-order valence-corrected chi connectivity index (χ4v) is 12.5. The van der Waals surface area contributed by atoms with E-state index >= 15 is 0 Å². The number of aliphatic hydroxyl groups is 1. The van der Waals surface area contributed by atoms with Gasteiger partial charge in [0.1, 0.15) is 0 Å². The number of rotatable bonds is 8. The van der Waals surface area contributed by atoms with Crippen LogP contribution in [0.3, 0.4) is 0 Å². The fourth-order valence-electron chi connectivity index (χ4n) is 9.21. The summed E-state index contributed by atoms with van der Waals surface area (Å²) >= 11 is 0. The van der Waals surface area contributed by atoms with Crippen molar-refractivity contribution in [2.75, 3.05) is 6.26 Å². The van der Waals surface area contributed by atoms with Crippen LogP contribution in [-0.2, 0) is 34.3 Å². The van der Waals surface area contributed by atoms with Crippen LogP contribution in [0.1, 0.15) is 73.9 Å². The highest BCUT2D eigenvalue weighted by atomic mass is 32.2. The van der Waals surface area contributed by atoms with E-state index in [4.69, 9.17) is 4.18 Å². The second kappa shape index (κ2) is 15.4. The maximum absolute atomic E-state index is 13.3. The van der Waals surface area contributed by atoms with Crippen molar-refractivity contribution in [2.45, 2.75) is 87.2 Å². The van der Waals surface area contributed by atoms with E-state index in [1.807, 2.05) is 28.8 Å². The molecule has 1 N–H and O–H groups in total. The molecule has 2 aliphatic carbocycles. The predicted molar refractivity (Wildman–Crippen MR) is 232 cm³/mol. The van der Waals surface area contributed by atoms with Gasteiger partial charge in [0.05, 0.1) is 51.7 Å². The van der Waals surface area contributed by atoms with Crippen molar-refractivity contribution in [1.29, 1.82) is 0 Å². The van der Waals surface area contributed by atoms with Gasteiger partial charge in [-0.05, 0) is 87.8 Å². The lowest BCUT2D eigenvalue weighted by Gasteiger charge is -2.15. The summed E-state index contributed by atoms with van der Waals surface area (Å²) in [6.07, 6.45) is 12.7. The van der Waals surface area contributed by atoms with Gasteiger partial charge >= 0.3 is 0 Å². The average Bonchev–Trinajstić information content (AvgIpc) is 4.07. The van der Waals surface area contributed by atoms with E-state index < -0.39 is 36.3 Å². The molecule has 0 bridgehead atoms. The molecule has 0 saturated heterocycles. The van der Waals surface area contributed by atoms with Gasteiger partial charge in [-0.25, -0.2) is 44.7 Å². The zero-order chi connectivity index (χ0) is 43.9. The molecule has 6 aromatic heterocycles. The Labute approximate surface area is 359 Å². The monoisotopic (exact) mass is 898 g/mol. The Kier molecular flexibility index (Phi) is 10.4. The van der Waals surface area contributed by atoms with Crippen LogP contribution in [0.5, 0.6) is 0 Å². The summed E-state index contributed by atoms with van der Waals surface area (Å²) in [6, 6.07) is 17.0. The lowest BCUT2D eigenvalue weighted by molar-refractivity contribution is 0.178. The number of aromatic nitrogens is 8. The van der Waals surface area contributed by atoms with Gasteiger partial charge in [0, 0.05) is 48.0 Å². The minimum Gasteiger partial charge on any atom is -0.393 e. The Morgan fingerprint density at radius 3 is 1.44 bits per heavy atom. The van der Waals surface area contributed by atoms with E-state index in [1.54, 1.807) is 85.5 Å². The first kappa shape index (κ1) is 41.9. The van der Waals surface area contributed by atoms with Crippen molar-refractivity contribution < 1.29 is 34.5 Å². The van der Waals surface area contributed by atoms with Crippen molar-refractivity contribution in [3.05, 3.63) is 120 Å². The second-order valence-electron chi connectivity index (χ2n) is 16.7. The lowest BCUT2D eigenvalue weighted by Crippen LogP contribution is -2.14. The summed E-state index contributed by atoms with van der Waals surface area (Å²) in [7, 11) is -11.1. The van der Waals surface area contributed by atoms with Crippen LogP contribution >= 0.6 is 0 Å². The predicted octanol–water partition coefficient (Wildman–Crippen LogP) is 6.19. The minimum atomic E-state index is -3.83. The highest BCUT2D eigenvalue weighted by molar-refractivity contribution is 7.90. The van der Waals surface area contributed by atoms with Gasteiger partial charge in [0.2, 0.25) is 0 Å². The molecule has 0 spiro atoms. The SMILES string of the molecule is Cc1ccc(S(=O)(=O)n2ccc3c2ncc2ncc(C4CC(O)CC4C)n23)cc1.Cc1ccc(S(=O)(=O)n2ccc3c2ncc2ncc(C4CC(OS(C)(=O)=O)CC4C)n23)cc1. The van der Waals surface area contributed by atoms with E-state index in [1.165, 1.54) is 14.1 Å². The number of hydrogen-bond donors (Lipinski definition) is 1. The summed E-state index contributed by atoms with van der Waals surface area (Å²) in [6.45, 7) is 8.00. The molecule has 19 heteroatoms. The van der Waals surface area contributed by atoms with Crippen LogP contribution in [-0.4, -0.2) is 85.5 Å². The van der Waals surface area contributed by atoms with Gasteiger partial charge in [-0.1, -0.05) is 49.2 Å². The minimum absolute atomic E-state index is 0.00871. The first-order chi connectivity index (χ1) is 29.4. The van der Waals surface area contributed by atoms with Crippen molar-refractivity contribution in [3.8, 4) is 0 Å². The lowest BCUT2D eigenvalue weighted by atomic mass is 9.95. The topological polar surface area (TPSA) is 202 Å². The summed E-state index contributed by atoms with van der Waals surface area (Å²) in [5.41, 5.74) is 7.09. The second-order valence-corrected chi connectivity index (χ2v) is 22.0. The Balaban J connectivity index is 0.000000159. The van der Waals surface area contributed by atoms with Gasteiger partial charge in [-0.3, -0.25) is 13.0 Å². The molecule has 6 heterocycles.